The van der Waals surface area contributed by atoms with Gasteiger partial charge in [-0.05, 0) is 5.92 Å². The summed E-state index contributed by atoms with van der Waals surface area (Å²) in [5.41, 5.74) is 0. The highest BCUT2D eigenvalue weighted by Crippen LogP contribution is 2.13. The zero-order chi connectivity index (χ0) is 6.85. The van der Waals surface area contributed by atoms with Gasteiger partial charge in [0.05, 0.1) is 12.5 Å². The van der Waals surface area contributed by atoms with Crippen LogP contribution in [-0.4, -0.2) is 18.5 Å². The number of hydrogen-bond acceptors (Lipinski definition) is 2. The highest BCUT2D eigenvalue weighted by Gasteiger charge is 2.22. The van der Waals surface area contributed by atoms with E-state index in [0.29, 0.717) is 12.5 Å². The van der Waals surface area contributed by atoms with Gasteiger partial charge in [-0.3, -0.25) is 9.79 Å². The minimum absolute atomic E-state index is 0.102. The van der Waals surface area contributed by atoms with Crippen molar-refractivity contribution in [1.82, 2.24) is 0 Å². The van der Waals surface area contributed by atoms with E-state index in [0.717, 1.165) is 0 Å². The Morgan fingerprint density at radius 3 is 2.67 bits per heavy atom. The summed E-state index contributed by atoms with van der Waals surface area (Å²) in [6.45, 7) is 4.49. The highest BCUT2D eigenvalue weighted by molar-refractivity contribution is 6.00. The molecule has 0 radical (unpaired) electrons. The van der Waals surface area contributed by atoms with Crippen molar-refractivity contribution in [2.45, 2.75) is 13.8 Å². The van der Waals surface area contributed by atoms with E-state index < -0.39 is 0 Å². The van der Waals surface area contributed by atoms with Crippen molar-refractivity contribution in [3.8, 4) is 0 Å². The van der Waals surface area contributed by atoms with Crippen LogP contribution in [-0.2, 0) is 4.79 Å². The molecule has 1 unspecified atom stereocenters. The van der Waals surface area contributed by atoms with Crippen molar-refractivity contribution in [3.63, 3.8) is 0 Å². The molecule has 0 spiro atoms. The van der Waals surface area contributed by atoms with Crippen LogP contribution in [0.25, 0.3) is 0 Å². The van der Waals surface area contributed by atoms with Crippen molar-refractivity contribution in [2.24, 2.45) is 16.8 Å². The maximum Gasteiger partial charge on any atom is 0.162 e. The highest BCUT2D eigenvalue weighted by atomic mass is 16.1. The minimum atomic E-state index is 0.102. The average molecular weight is 125 g/mol. The molecule has 0 bridgehead atoms. The van der Waals surface area contributed by atoms with Crippen LogP contribution in [0.1, 0.15) is 13.8 Å². The normalized spacial score (nSPS) is 26.1. The number of ketones is 1. The molecule has 0 aliphatic carbocycles. The van der Waals surface area contributed by atoms with Crippen LogP contribution >= 0.6 is 0 Å². The largest absolute Gasteiger partial charge is 0.297 e. The molecule has 2 heteroatoms. The van der Waals surface area contributed by atoms with E-state index in [1.165, 1.54) is 0 Å². The Labute approximate surface area is 55.0 Å². The van der Waals surface area contributed by atoms with Gasteiger partial charge in [-0.1, -0.05) is 13.8 Å². The quantitative estimate of drug-likeness (QED) is 0.512. The Morgan fingerprint density at radius 1 is 1.78 bits per heavy atom. The molecule has 50 valence electrons. The fourth-order valence-corrected chi connectivity index (χ4v) is 0.989. The molecule has 0 N–H and O–H groups in total. The molecule has 0 amide bonds. The molecule has 0 aromatic rings. The zero-order valence-corrected chi connectivity index (χ0v) is 5.79. The van der Waals surface area contributed by atoms with Crippen LogP contribution in [0.2, 0.25) is 0 Å². The van der Waals surface area contributed by atoms with Gasteiger partial charge in [0.25, 0.3) is 0 Å². The summed E-state index contributed by atoms with van der Waals surface area (Å²) in [5, 5.41) is 0. The molecule has 0 aromatic carbocycles. The van der Waals surface area contributed by atoms with Crippen LogP contribution in [0.3, 0.4) is 0 Å². The smallest absolute Gasteiger partial charge is 0.162 e. The van der Waals surface area contributed by atoms with E-state index in [-0.39, 0.29) is 11.7 Å². The summed E-state index contributed by atoms with van der Waals surface area (Å²) >= 11 is 0. The van der Waals surface area contributed by atoms with Gasteiger partial charge in [-0.2, -0.15) is 0 Å². The molecular formula is C7H11NO. The van der Waals surface area contributed by atoms with E-state index in [2.05, 4.69) is 4.99 Å². The van der Waals surface area contributed by atoms with Gasteiger partial charge in [0, 0.05) is 6.21 Å². The number of carbonyl (C=O) groups is 1. The number of hydrogen-bond donors (Lipinski definition) is 0. The van der Waals surface area contributed by atoms with Crippen LogP contribution < -0.4 is 0 Å². The topological polar surface area (TPSA) is 29.4 Å². The molecule has 1 aliphatic rings. The fourth-order valence-electron chi connectivity index (χ4n) is 0.989. The lowest BCUT2D eigenvalue weighted by Crippen LogP contribution is -2.17. The second-order valence-corrected chi connectivity index (χ2v) is 2.73. The van der Waals surface area contributed by atoms with Crippen molar-refractivity contribution < 1.29 is 4.79 Å². The Kier molecular flexibility index (Phi) is 1.65. The lowest BCUT2D eigenvalue weighted by Gasteiger charge is -2.06. The van der Waals surface area contributed by atoms with Gasteiger partial charge in [-0.25, -0.2) is 0 Å². The fraction of sp³-hybridized carbons (Fsp3) is 0.714. The first kappa shape index (κ1) is 6.46. The van der Waals surface area contributed by atoms with Gasteiger partial charge in [-0.15, -0.1) is 0 Å². The Balaban J connectivity index is 2.59. The molecule has 2 nitrogen and oxygen atoms in total. The monoisotopic (exact) mass is 125 g/mol. The van der Waals surface area contributed by atoms with Gasteiger partial charge >= 0.3 is 0 Å². The number of Topliss-reactive ketones (excluding diaryl/α,β-unsaturated/α-hetero) is 1. The third-order valence-electron chi connectivity index (χ3n) is 1.60. The van der Waals surface area contributed by atoms with Crippen molar-refractivity contribution in [3.05, 3.63) is 0 Å². The van der Waals surface area contributed by atoms with Crippen LogP contribution in [0.5, 0.6) is 0 Å². The van der Waals surface area contributed by atoms with Crippen molar-refractivity contribution >= 4 is 12.0 Å². The first-order chi connectivity index (χ1) is 4.22. The molecule has 1 heterocycles. The summed E-state index contributed by atoms with van der Waals surface area (Å²) in [7, 11) is 0. The van der Waals surface area contributed by atoms with Crippen LogP contribution in [0.4, 0.5) is 0 Å². The van der Waals surface area contributed by atoms with Gasteiger partial charge < -0.3 is 0 Å². The molecule has 1 atom stereocenters. The molecule has 9 heavy (non-hydrogen) atoms. The summed E-state index contributed by atoms with van der Waals surface area (Å²) < 4.78 is 0. The Morgan fingerprint density at radius 2 is 2.44 bits per heavy atom. The molecular weight excluding hydrogens is 114 g/mol. The Hall–Kier alpha value is -0.660. The van der Waals surface area contributed by atoms with E-state index in [4.69, 9.17) is 0 Å². The lowest BCUT2D eigenvalue weighted by molar-refractivity contribution is -0.119. The van der Waals surface area contributed by atoms with Gasteiger partial charge in [0.2, 0.25) is 0 Å². The number of rotatable bonds is 1. The Bertz CT molecular complexity index is 149. The zero-order valence-electron chi connectivity index (χ0n) is 5.79. The van der Waals surface area contributed by atoms with E-state index in [1.54, 1.807) is 6.21 Å². The van der Waals surface area contributed by atoms with Crippen LogP contribution in [0, 0.1) is 11.8 Å². The molecule has 1 rings (SSSR count). The molecule has 0 fully saturated rings. The van der Waals surface area contributed by atoms with E-state index in [9.17, 15) is 4.79 Å². The number of aliphatic imine (C=N–C) groups is 1. The predicted octanol–water partition coefficient (Wildman–Crippen LogP) is 0.912. The summed E-state index contributed by atoms with van der Waals surface area (Å²) in [6.07, 6.45) is 1.77. The van der Waals surface area contributed by atoms with Crippen molar-refractivity contribution in [1.29, 1.82) is 0 Å². The molecule has 0 aromatic heterocycles. The summed E-state index contributed by atoms with van der Waals surface area (Å²) in [5.74, 6) is 0.791. The summed E-state index contributed by atoms with van der Waals surface area (Å²) in [6, 6.07) is 0. The first-order valence-corrected chi connectivity index (χ1v) is 3.24. The minimum Gasteiger partial charge on any atom is -0.297 e. The third-order valence-corrected chi connectivity index (χ3v) is 1.60. The molecule has 1 aliphatic heterocycles. The number of nitrogens with zero attached hydrogens (tertiary/aromatic N) is 1. The molecule has 0 saturated heterocycles. The van der Waals surface area contributed by atoms with Crippen LogP contribution in [0.15, 0.2) is 4.99 Å². The predicted molar refractivity (Wildman–Crippen MR) is 36.7 cm³/mol. The lowest BCUT2D eigenvalue weighted by atomic mass is 9.95. The SMILES string of the molecule is CC(C)C1C=NCC1=O. The standard InChI is InChI=1S/C7H11NO/c1-5(2)6-3-8-4-7(6)9/h3,5-6H,4H2,1-2H3. The first-order valence-electron chi connectivity index (χ1n) is 3.24. The van der Waals surface area contributed by atoms with E-state index in [1.807, 2.05) is 13.8 Å². The maximum absolute atomic E-state index is 10.9. The molecule has 0 saturated carbocycles. The second-order valence-electron chi connectivity index (χ2n) is 2.73. The summed E-state index contributed by atoms with van der Waals surface area (Å²) in [4.78, 5) is 14.8. The van der Waals surface area contributed by atoms with Crippen molar-refractivity contribution in [2.75, 3.05) is 6.54 Å². The maximum atomic E-state index is 10.9. The van der Waals surface area contributed by atoms with Gasteiger partial charge in [0.1, 0.15) is 0 Å². The number of carbonyl (C=O) groups excluding carboxylic acids is 1. The third kappa shape index (κ3) is 1.18. The average Bonchev–Trinajstić information content (AvgIpc) is 2.13. The van der Waals surface area contributed by atoms with E-state index >= 15 is 0 Å². The van der Waals surface area contributed by atoms with Gasteiger partial charge in [0.15, 0.2) is 5.78 Å². The second kappa shape index (κ2) is 2.29.